The van der Waals surface area contributed by atoms with Crippen LogP contribution >= 0.6 is 11.8 Å². The minimum absolute atomic E-state index is 0.371. The molecule has 2 aliphatic heterocycles. The van der Waals surface area contributed by atoms with Gasteiger partial charge in [-0.3, -0.25) is 4.79 Å². The fourth-order valence-electron chi connectivity index (χ4n) is 4.72. The molecule has 0 bridgehead atoms. The summed E-state index contributed by atoms with van der Waals surface area (Å²) in [5.41, 5.74) is 1.55. The van der Waals surface area contributed by atoms with Crippen LogP contribution in [0.4, 0.5) is 0 Å². The van der Waals surface area contributed by atoms with Gasteiger partial charge < -0.3 is 9.80 Å². The van der Waals surface area contributed by atoms with Crippen LogP contribution < -0.4 is 0 Å². The molecular formula is C22H32N2OS. The SMILES string of the molecule is O=C(CCN1CCC(C[C@@H]2C[C@H]2c2ccccc2)CC1)N1CCSCC1. The molecule has 2 atom stereocenters. The average molecular weight is 373 g/mol. The molecule has 2 heterocycles. The Morgan fingerprint density at radius 1 is 1.04 bits per heavy atom. The van der Waals surface area contributed by atoms with Gasteiger partial charge in [0.2, 0.25) is 5.91 Å². The third kappa shape index (κ3) is 4.83. The number of nitrogens with zero attached hydrogens (tertiary/aromatic N) is 2. The van der Waals surface area contributed by atoms with E-state index in [-0.39, 0.29) is 0 Å². The molecule has 4 rings (SSSR count). The highest BCUT2D eigenvalue weighted by Crippen LogP contribution is 2.51. The molecule has 0 spiro atoms. The van der Waals surface area contributed by atoms with Gasteiger partial charge >= 0.3 is 0 Å². The minimum atomic E-state index is 0.371. The van der Waals surface area contributed by atoms with Crippen LogP contribution in [0.15, 0.2) is 30.3 Å². The normalized spacial score (nSPS) is 27.5. The Kier molecular flexibility index (Phi) is 6.21. The summed E-state index contributed by atoms with van der Waals surface area (Å²) < 4.78 is 0. The first-order valence-corrected chi connectivity index (χ1v) is 11.6. The number of benzene rings is 1. The number of likely N-dealkylation sites (tertiary alicyclic amines) is 1. The largest absolute Gasteiger partial charge is 0.341 e. The monoisotopic (exact) mass is 372 g/mol. The number of piperidine rings is 1. The third-order valence-electron chi connectivity index (χ3n) is 6.50. The molecule has 1 aromatic rings. The van der Waals surface area contributed by atoms with Gasteiger partial charge in [0.15, 0.2) is 0 Å². The fourth-order valence-corrected chi connectivity index (χ4v) is 5.62. The molecule has 26 heavy (non-hydrogen) atoms. The van der Waals surface area contributed by atoms with E-state index in [9.17, 15) is 4.79 Å². The predicted octanol–water partition coefficient (Wildman–Crippen LogP) is 3.86. The molecule has 0 unspecified atom stereocenters. The first kappa shape index (κ1) is 18.4. The lowest BCUT2D eigenvalue weighted by atomic mass is 9.90. The molecule has 4 heteroatoms. The maximum absolute atomic E-state index is 12.3. The van der Waals surface area contributed by atoms with Crippen LogP contribution in [0.2, 0.25) is 0 Å². The van der Waals surface area contributed by atoms with Crippen molar-refractivity contribution in [1.29, 1.82) is 0 Å². The fraction of sp³-hybridized carbons (Fsp3) is 0.682. The van der Waals surface area contributed by atoms with Gasteiger partial charge in [-0.25, -0.2) is 0 Å². The second-order valence-corrected chi connectivity index (χ2v) is 9.50. The van der Waals surface area contributed by atoms with Crippen molar-refractivity contribution in [1.82, 2.24) is 9.80 Å². The van der Waals surface area contributed by atoms with Crippen molar-refractivity contribution in [2.75, 3.05) is 44.2 Å². The highest BCUT2D eigenvalue weighted by atomic mass is 32.2. The van der Waals surface area contributed by atoms with Gasteiger partial charge in [-0.2, -0.15) is 11.8 Å². The summed E-state index contributed by atoms with van der Waals surface area (Å²) in [6.45, 7) is 5.25. The molecule has 3 aliphatic rings. The average Bonchev–Trinajstić information content (AvgIpc) is 3.48. The van der Waals surface area contributed by atoms with Crippen LogP contribution in [0.1, 0.15) is 43.6 Å². The van der Waals surface area contributed by atoms with Gasteiger partial charge in [0, 0.05) is 37.6 Å². The van der Waals surface area contributed by atoms with Crippen LogP contribution in [-0.2, 0) is 4.79 Å². The quantitative estimate of drug-likeness (QED) is 0.758. The van der Waals surface area contributed by atoms with E-state index in [4.69, 9.17) is 0 Å². The Labute approximate surface area is 162 Å². The summed E-state index contributed by atoms with van der Waals surface area (Å²) in [4.78, 5) is 16.9. The zero-order valence-electron chi connectivity index (χ0n) is 15.8. The zero-order chi connectivity index (χ0) is 17.8. The highest BCUT2D eigenvalue weighted by Gasteiger charge is 2.39. The first-order valence-electron chi connectivity index (χ1n) is 10.4. The van der Waals surface area contributed by atoms with Crippen molar-refractivity contribution in [3.8, 4) is 0 Å². The van der Waals surface area contributed by atoms with Gasteiger partial charge in [-0.05, 0) is 62.1 Å². The van der Waals surface area contributed by atoms with Gasteiger partial charge in [-0.15, -0.1) is 0 Å². The van der Waals surface area contributed by atoms with E-state index in [1.54, 1.807) is 5.56 Å². The topological polar surface area (TPSA) is 23.6 Å². The van der Waals surface area contributed by atoms with Gasteiger partial charge in [0.1, 0.15) is 0 Å². The summed E-state index contributed by atoms with van der Waals surface area (Å²) in [5, 5.41) is 0. The highest BCUT2D eigenvalue weighted by molar-refractivity contribution is 7.99. The maximum Gasteiger partial charge on any atom is 0.223 e. The number of carbonyl (C=O) groups excluding carboxylic acids is 1. The van der Waals surface area contributed by atoms with Crippen LogP contribution in [0, 0.1) is 11.8 Å². The van der Waals surface area contributed by atoms with Crippen molar-refractivity contribution in [2.24, 2.45) is 11.8 Å². The number of thioether (sulfide) groups is 1. The molecule has 3 fully saturated rings. The minimum Gasteiger partial charge on any atom is -0.341 e. The Morgan fingerprint density at radius 3 is 2.50 bits per heavy atom. The number of amides is 1. The lowest BCUT2D eigenvalue weighted by Crippen LogP contribution is -2.41. The van der Waals surface area contributed by atoms with Crippen molar-refractivity contribution < 1.29 is 4.79 Å². The smallest absolute Gasteiger partial charge is 0.223 e. The Balaban J connectivity index is 1.13. The predicted molar refractivity (Wildman–Crippen MR) is 110 cm³/mol. The number of hydrogen-bond acceptors (Lipinski definition) is 3. The molecule has 2 saturated heterocycles. The molecule has 1 saturated carbocycles. The third-order valence-corrected chi connectivity index (χ3v) is 7.44. The van der Waals surface area contributed by atoms with E-state index in [1.165, 1.54) is 38.8 Å². The van der Waals surface area contributed by atoms with E-state index in [2.05, 4.69) is 40.1 Å². The number of rotatable bonds is 6. The van der Waals surface area contributed by atoms with E-state index < -0.39 is 0 Å². The van der Waals surface area contributed by atoms with E-state index in [0.29, 0.717) is 12.3 Å². The Bertz CT molecular complexity index is 579. The lowest BCUT2D eigenvalue weighted by molar-refractivity contribution is -0.131. The molecule has 0 radical (unpaired) electrons. The molecule has 1 amide bonds. The van der Waals surface area contributed by atoms with Crippen LogP contribution in [0.5, 0.6) is 0 Å². The van der Waals surface area contributed by atoms with Crippen molar-refractivity contribution in [3.05, 3.63) is 35.9 Å². The van der Waals surface area contributed by atoms with E-state index >= 15 is 0 Å². The van der Waals surface area contributed by atoms with Crippen molar-refractivity contribution in [3.63, 3.8) is 0 Å². The molecule has 1 aliphatic carbocycles. The first-order chi connectivity index (χ1) is 12.8. The lowest BCUT2D eigenvalue weighted by Gasteiger charge is -2.33. The zero-order valence-corrected chi connectivity index (χ0v) is 16.6. The van der Waals surface area contributed by atoms with Gasteiger partial charge in [-0.1, -0.05) is 30.3 Å². The summed E-state index contributed by atoms with van der Waals surface area (Å²) in [5.74, 6) is 5.25. The van der Waals surface area contributed by atoms with Gasteiger partial charge in [0.25, 0.3) is 0 Å². The van der Waals surface area contributed by atoms with Crippen molar-refractivity contribution >= 4 is 17.7 Å². The van der Waals surface area contributed by atoms with Crippen molar-refractivity contribution in [2.45, 2.75) is 38.0 Å². The standard InChI is InChI=1S/C22H32N2OS/c25-22(24-12-14-26-15-13-24)8-11-23-9-6-18(7-10-23)16-20-17-21(20)19-4-2-1-3-5-19/h1-5,18,20-21H,6-17H2/t20-,21+/m1/s1. The molecule has 0 aromatic heterocycles. The second kappa shape index (κ2) is 8.79. The molecular weight excluding hydrogens is 340 g/mol. The maximum atomic E-state index is 12.3. The molecule has 1 aromatic carbocycles. The Hall–Kier alpha value is -1.000. The number of carbonyl (C=O) groups is 1. The molecule has 142 valence electrons. The summed E-state index contributed by atoms with van der Waals surface area (Å²) in [6, 6.07) is 11.1. The van der Waals surface area contributed by atoms with Crippen LogP contribution in [0.3, 0.4) is 0 Å². The van der Waals surface area contributed by atoms with Gasteiger partial charge in [0.05, 0.1) is 0 Å². The molecule has 3 nitrogen and oxygen atoms in total. The summed E-state index contributed by atoms with van der Waals surface area (Å²) in [7, 11) is 0. The van der Waals surface area contributed by atoms with E-state index in [0.717, 1.165) is 48.9 Å². The summed E-state index contributed by atoms with van der Waals surface area (Å²) in [6.07, 6.45) is 6.18. The summed E-state index contributed by atoms with van der Waals surface area (Å²) >= 11 is 1.97. The Morgan fingerprint density at radius 2 is 1.77 bits per heavy atom. The van der Waals surface area contributed by atoms with Crippen LogP contribution in [-0.4, -0.2) is 59.9 Å². The van der Waals surface area contributed by atoms with Crippen LogP contribution in [0.25, 0.3) is 0 Å². The number of hydrogen-bond donors (Lipinski definition) is 0. The molecule has 0 N–H and O–H groups in total. The second-order valence-electron chi connectivity index (χ2n) is 8.28. The van der Waals surface area contributed by atoms with E-state index in [1.807, 2.05) is 11.8 Å².